The molecule has 25 heavy (non-hydrogen) atoms. The van der Waals surface area contributed by atoms with Gasteiger partial charge in [0.1, 0.15) is 11.6 Å². The van der Waals surface area contributed by atoms with Gasteiger partial charge in [-0.25, -0.2) is 4.98 Å². The van der Waals surface area contributed by atoms with Crippen LogP contribution in [0.15, 0.2) is 42.6 Å². The number of nitrogens with one attached hydrogen (secondary N) is 3. The Morgan fingerprint density at radius 2 is 1.76 bits per heavy atom. The second kappa shape index (κ2) is 5.70. The fraction of sp³-hybridized carbons (Fsp3) is 0.150. The summed E-state index contributed by atoms with van der Waals surface area (Å²) in [6.45, 7) is 5.87. The number of aromatic amines is 1. The Morgan fingerprint density at radius 3 is 2.48 bits per heavy atom. The number of nitrogens with zero attached hydrogens (tertiary/aromatic N) is 1. The van der Waals surface area contributed by atoms with E-state index < -0.39 is 0 Å². The molecule has 0 bridgehead atoms. The van der Waals surface area contributed by atoms with Gasteiger partial charge in [-0.3, -0.25) is 0 Å². The van der Waals surface area contributed by atoms with Crippen molar-refractivity contribution in [1.82, 2.24) is 20.8 Å². The molecule has 0 spiro atoms. The first-order valence-corrected chi connectivity index (χ1v) is 8.22. The molecule has 4 rings (SSSR count). The first kappa shape index (κ1) is 15.3. The van der Waals surface area contributed by atoms with Crippen LogP contribution in [0.5, 0.6) is 5.75 Å². The van der Waals surface area contributed by atoms with E-state index in [9.17, 15) is 5.11 Å². The number of hydrazine groups is 1. The van der Waals surface area contributed by atoms with Gasteiger partial charge >= 0.3 is 0 Å². The predicted octanol–water partition coefficient (Wildman–Crippen LogP) is 3.68. The zero-order valence-corrected chi connectivity index (χ0v) is 14.4. The zero-order chi connectivity index (χ0) is 17.6. The number of para-hydroxylation sites is 1. The highest BCUT2D eigenvalue weighted by Gasteiger charge is 2.14. The molecule has 1 aliphatic heterocycles. The predicted molar refractivity (Wildman–Crippen MR) is 101 cm³/mol. The molecule has 2 heterocycles. The molecule has 3 aromatic rings. The van der Waals surface area contributed by atoms with Crippen LogP contribution in [-0.2, 0) is 0 Å². The van der Waals surface area contributed by atoms with Gasteiger partial charge in [0.2, 0.25) is 0 Å². The van der Waals surface area contributed by atoms with E-state index in [4.69, 9.17) is 4.98 Å². The molecular formula is C20H20N4O. The van der Waals surface area contributed by atoms with Crippen molar-refractivity contribution < 1.29 is 5.11 Å². The van der Waals surface area contributed by atoms with Gasteiger partial charge in [-0.1, -0.05) is 12.1 Å². The van der Waals surface area contributed by atoms with Crippen molar-refractivity contribution in [3.05, 3.63) is 70.7 Å². The molecular weight excluding hydrogens is 312 g/mol. The lowest BCUT2D eigenvalue weighted by molar-refractivity contribution is 0.467. The van der Waals surface area contributed by atoms with Gasteiger partial charge in [-0.2, -0.15) is 0 Å². The van der Waals surface area contributed by atoms with Crippen LogP contribution in [-0.4, -0.2) is 15.1 Å². The number of hydrogen-bond donors (Lipinski definition) is 4. The highest BCUT2D eigenvalue weighted by atomic mass is 16.3. The zero-order valence-electron chi connectivity index (χ0n) is 14.4. The van der Waals surface area contributed by atoms with Crippen LogP contribution >= 0.6 is 0 Å². The van der Waals surface area contributed by atoms with Crippen molar-refractivity contribution in [1.29, 1.82) is 0 Å². The number of aromatic nitrogens is 2. The van der Waals surface area contributed by atoms with E-state index >= 15 is 0 Å². The fourth-order valence-electron chi connectivity index (χ4n) is 3.14. The Kier molecular flexibility index (Phi) is 3.50. The summed E-state index contributed by atoms with van der Waals surface area (Å²) >= 11 is 0. The van der Waals surface area contributed by atoms with Crippen molar-refractivity contribution >= 4 is 22.3 Å². The molecule has 1 aliphatic rings. The monoisotopic (exact) mass is 332 g/mol. The average molecular weight is 332 g/mol. The summed E-state index contributed by atoms with van der Waals surface area (Å²) in [7, 11) is 0. The van der Waals surface area contributed by atoms with Crippen molar-refractivity contribution in [3.8, 4) is 5.75 Å². The summed E-state index contributed by atoms with van der Waals surface area (Å²) in [5, 5.41) is 9.98. The number of phenols is 1. The van der Waals surface area contributed by atoms with Gasteiger partial charge in [0.25, 0.3) is 0 Å². The molecule has 0 unspecified atom stereocenters. The summed E-state index contributed by atoms with van der Waals surface area (Å²) < 4.78 is 0. The van der Waals surface area contributed by atoms with Gasteiger partial charge in [-0.15, -0.1) is 0 Å². The van der Waals surface area contributed by atoms with Gasteiger partial charge in [0.05, 0.1) is 16.7 Å². The summed E-state index contributed by atoms with van der Waals surface area (Å²) in [5.74, 6) is 1.17. The van der Waals surface area contributed by atoms with Gasteiger partial charge in [0, 0.05) is 17.3 Å². The number of aryl methyl sites for hydroxylation is 3. The quantitative estimate of drug-likeness (QED) is 0.577. The molecule has 0 radical (unpaired) electrons. The molecule has 5 nitrogen and oxygen atoms in total. The topological polar surface area (TPSA) is 73.0 Å². The van der Waals surface area contributed by atoms with Gasteiger partial charge in [0.15, 0.2) is 0 Å². The van der Waals surface area contributed by atoms with Gasteiger partial charge in [-0.05, 0) is 61.7 Å². The van der Waals surface area contributed by atoms with E-state index in [0.29, 0.717) is 5.75 Å². The summed E-state index contributed by atoms with van der Waals surface area (Å²) in [6.07, 6.45) is 3.94. The minimum absolute atomic E-state index is 0.344. The maximum atomic E-state index is 9.98. The number of allylic oxidation sites excluding steroid dienone is 2. The number of imidazole rings is 1. The van der Waals surface area contributed by atoms with E-state index in [1.165, 1.54) is 0 Å². The van der Waals surface area contributed by atoms with Crippen LogP contribution in [0.3, 0.4) is 0 Å². The minimum Gasteiger partial charge on any atom is -0.507 e. The van der Waals surface area contributed by atoms with Crippen molar-refractivity contribution in [2.45, 2.75) is 20.8 Å². The van der Waals surface area contributed by atoms with Crippen molar-refractivity contribution in [2.75, 3.05) is 0 Å². The summed E-state index contributed by atoms with van der Waals surface area (Å²) in [6, 6.07) is 10.1. The second-order valence-electron chi connectivity index (χ2n) is 6.44. The third-order valence-electron chi connectivity index (χ3n) is 4.52. The molecule has 126 valence electrons. The second-order valence-corrected chi connectivity index (χ2v) is 6.44. The average Bonchev–Trinajstić information content (AvgIpc) is 3.05. The van der Waals surface area contributed by atoms with E-state index in [2.05, 4.69) is 34.9 Å². The highest BCUT2D eigenvalue weighted by Crippen LogP contribution is 2.28. The van der Waals surface area contributed by atoms with E-state index in [1.807, 2.05) is 44.3 Å². The Labute approximate surface area is 146 Å². The van der Waals surface area contributed by atoms with Crippen LogP contribution in [0.25, 0.3) is 22.3 Å². The smallest absolute Gasteiger partial charge is 0.140 e. The third kappa shape index (κ3) is 2.63. The number of rotatable bonds is 2. The number of benzene rings is 2. The van der Waals surface area contributed by atoms with E-state index in [1.54, 1.807) is 0 Å². The number of H-pyrrole nitrogens is 1. The molecule has 0 amide bonds. The molecule has 0 aliphatic carbocycles. The molecule has 1 aromatic heterocycles. The van der Waals surface area contributed by atoms with Crippen LogP contribution in [0.1, 0.15) is 28.1 Å². The Hall–Kier alpha value is -3.21. The molecule has 5 heteroatoms. The molecule has 2 aromatic carbocycles. The van der Waals surface area contributed by atoms with Gasteiger partial charge < -0.3 is 20.9 Å². The highest BCUT2D eigenvalue weighted by molar-refractivity contribution is 5.87. The number of aromatic hydroxyl groups is 1. The van der Waals surface area contributed by atoms with Crippen molar-refractivity contribution in [2.24, 2.45) is 0 Å². The Morgan fingerprint density at radius 1 is 1.00 bits per heavy atom. The first-order chi connectivity index (χ1) is 12.0. The third-order valence-corrected chi connectivity index (χ3v) is 4.52. The maximum Gasteiger partial charge on any atom is 0.140 e. The first-order valence-electron chi connectivity index (χ1n) is 8.22. The van der Waals surface area contributed by atoms with Crippen molar-refractivity contribution in [3.63, 3.8) is 0 Å². The Balaban J connectivity index is 1.76. The molecule has 0 saturated carbocycles. The summed E-state index contributed by atoms with van der Waals surface area (Å²) in [5.41, 5.74) is 14.0. The lowest BCUT2D eigenvalue weighted by atomic mass is 10.0. The van der Waals surface area contributed by atoms with E-state index in [-0.39, 0.29) is 0 Å². The number of fused-ring (bicyclic) bond motifs is 1. The normalized spacial score (nSPS) is 13.9. The molecule has 0 atom stereocenters. The standard InChI is InChI=1S/C20H20N4O/c1-11-5-4-6-16-18(11)23-20(22-16)15-9-17(24-21-10-15)14-7-12(2)19(25)13(3)8-14/h4-10,21,24-25H,1-3H3,(H,22,23). The molecule has 4 N–H and O–H groups in total. The van der Waals surface area contributed by atoms with Crippen LogP contribution in [0.2, 0.25) is 0 Å². The Bertz CT molecular complexity index is 1020. The number of hydrogen-bond acceptors (Lipinski definition) is 4. The number of phenolic OH excluding ortho intramolecular Hbond substituents is 1. The minimum atomic E-state index is 0.344. The van der Waals surface area contributed by atoms with Crippen LogP contribution in [0, 0.1) is 20.8 Å². The summed E-state index contributed by atoms with van der Waals surface area (Å²) in [4.78, 5) is 8.12. The fourth-order valence-corrected chi connectivity index (χ4v) is 3.14. The largest absolute Gasteiger partial charge is 0.507 e. The van der Waals surface area contributed by atoms with E-state index in [0.717, 1.165) is 50.4 Å². The lowest BCUT2D eigenvalue weighted by Gasteiger charge is -2.18. The lowest BCUT2D eigenvalue weighted by Crippen LogP contribution is -2.28. The molecule has 0 saturated heterocycles. The molecule has 0 fully saturated rings. The maximum absolute atomic E-state index is 9.98. The SMILES string of the molecule is Cc1cc(C2=CC(c3nc4c(C)cccc4[nH]3)=CNN2)cc(C)c1O. The van der Waals surface area contributed by atoms with Crippen LogP contribution < -0.4 is 10.9 Å². The van der Waals surface area contributed by atoms with Crippen LogP contribution in [0.4, 0.5) is 0 Å².